The molecule has 0 fully saturated rings. The van der Waals surface area contributed by atoms with Crippen LogP contribution in [0.25, 0.3) is 0 Å². The molecule has 152 valence electrons. The smallest absolute Gasteiger partial charge is 0.748 e. The zero-order chi connectivity index (χ0) is 19.0. The Morgan fingerprint density at radius 3 is 1.46 bits per heavy atom. The number of aliphatic hydroxyl groups is 1. The van der Waals surface area contributed by atoms with Crippen LogP contribution >= 0.6 is 0 Å². The monoisotopic (exact) mass is 400 g/mol. The summed E-state index contributed by atoms with van der Waals surface area (Å²) in [7, 11) is -4.42. The molecule has 26 heavy (non-hydrogen) atoms. The van der Waals surface area contributed by atoms with Crippen LogP contribution in [-0.4, -0.2) is 29.4 Å². The summed E-state index contributed by atoms with van der Waals surface area (Å²) in [6.07, 6.45) is 15.4. The summed E-state index contributed by atoms with van der Waals surface area (Å²) < 4.78 is 34.3. The Morgan fingerprint density at radius 2 is 1.04 bits per heavy atom. The van der Waals surface area contributed by atoms with Gasteiger partial charge in [-0.3, -0.25) is 0 Å². The Labute approximate surface area is 185 Å². The molecule has 6 heteroatoms. The Kier molecular flexibility index (Phi) is 21.5. The van der Waals surface area contributed by atoms with Crippen LogP contribution in [0.3, 0.4) is 0 Å². The van der Waals surface area contributed by atoms with Crippen LogP contribution in [0, 0.1) is 0 Å². The van der Waals surface area contributed by atoms with Crippen LogP contribution in [-0.2, 0) is 10.1 Å². The summed E-state index contributed by atoms with van der Waals surface area (Å²) in [6, 6.07) is 0. The fourth-order valence-electron chi connectivity index (χ4n) is 3.33. The molecule has 1 N–H and O–H groups in total. The standard InChI is InChI=1S/C20H42O4S.Na/c1-3-5-7-9-10-11-12-13-14-16-18-20(25(22,23)24)19(21)17-15-8-6-4-2;/h19-21H,3-18H2,1-2H3,(H,22,23,24);/q;+1/p-1. The van der Waals surface area contributed by atoms with Crippen LogP contribution in [0.4, 0.5) is 0 Å². The van der Waals surface area contributed by atoms with Crippen molar-refractivity contribution >= 4 is 10.1 Å². The quantitative estimate of drug-likeness (QED) is 0.218. The van der Waals surface area contributed by atoms with Gasteiger partial charge in [-0.05, 0) is 12.8 Å². The van der Waals surface area contributed by atoms with E-state index in [-0.39, 0.29) is 29.6 Å². The minimum atomic E-state index is -4.42. The third-order valence-electron chi connectivity index (χ3n) is 5.00. The maximum absolute atomic E-state index is 11.4. The van der Waals surface area contributed by atoms with Crippen LogP contribution in [0.1, 0.15) is 117 Å². The molecule has 4 nitrogen and oxygen atoms in total. The number of hydrogen-bond acceptors (Lipinski definition) is 4. The van der Waals surface area contributed by atoms with Gasteiger partial charge in [0.15, 0.2) is 0 Å². The van der Waals surface area contributed by atoms with Crippen molar-refractivity contribution in [3.8, 4) is 0 Å². The van der Waals surface area contributed by atoms with E-state index in [1.165, 1.54) is 44.9 Å². The molecular weight excluding hydrogens is 359 g/mol. The summed E-state index contributed by atoms with van der Waals surface area (Å²) in [5, 5.41) is 8.99. The minimum absolute atomic E-state index is 0. The summed E-state index contributed by atoms with van der Waals surface area (Å²) in [5.41, 5.74) is 0. The van der Waals surface area contributed by atoms with Crippen molar-refractivity contribution < 1.29 is 47.6 Å². The first-order valence-corrected chi connectivity index (χ1v) is 12.0. The maximum atomic E-state index is 11.4. The van der Waals surface area contributed by atoms with Crippen molar-refractivity contribution in [3.63, 3.8) is 0 Å². The van der Waals surface area contributed by atoms with Crippen molar-refractivity contribution in [2.75, 3.05) is 0 Å². The fourth-order valence-corrected chi connectivity index (χ4v) is 4.30. The molecule has 0 spiro atoms. The van der Waals surface area contributed by atoms with E-state index < -0.39 is 21.5 Å². The number of hydrogen-bond donors (Lipinski definition) is 1. The summed E-state index contributed by atoms with van der Waals surface area (Å²) in [6.45, 7) is 4.32. The summed E-state index contributed by atoms with van der Waals surface area (Å²) >= 11 is 0. The largest absolute Gasteiger partial charge is 1.00 e. The molecule has 0 aromatic carbocycles. The second-order valence-electron chi connectivity index (χ2n) is 7.42. The van der Waals surface area contributed by atoms with Gasteiger partial charge < -0.3 is 9.66 Å². The fraction of sp³-hybridized carbons (Fsp3) is 1.00. The van der Waals surface area contributed by atoms with Gasteiger partial charge in [0, 0.05) is 0 Å². The van der Waals surface area contributed by atoms with Crippen molar-refractivity contribution in [1.29, 1.82) is 0 Å². The zero-order valence-corrected chi connectivity index (χ0v) is 20.4. The molecule has 0 aromatic heterocycles. The second kappa shape index (κ2) is 19.2. The molecule has 0 saturated carbocycles. The maximum Gasteiger partial charge on any atom is 1.00 e. The Morgan fingerprint density at radius 1 is 0.692 bits per heavy atom. The number of aliphatic hydroxyl groups excluding tert-OH is 1. The predicted octanol–water partition coefficient (Wildman–Crippen LogP) is 2.55. The van der Waals surface area contributed by atoms with Gasteiger partial charge in [0.1, 0.15) is 10.1 Å². The van der Waals surface area contributed by atoms with E-state index in [1.807, 2.05) is 0 Å². The van der Waals surface area contributed by atoms with Crippen LogP contribution in [0.2, 0.25) is 0 Å². The van der Waals surface area contributed by atoms with E-state index in [9.17, 15) is 18.1 Å². The van der Waals surface area contributed by atoms with Crippen molar-refractivity contribution in [1.82, 2.24) is 0 Å². The van der Waals surface area contributed by atoms with E-state index in [0.717, 1.165) is 38.5 Å². The van der Waals surface area contributed by atoms with Crippen LogP contribution < -0.4 is 29.6 Å². The topological polar surface area (TPSA) is 77.4 Å². The van der Waals surface area contributed by atoms with E-state index in [0.29, 0.717) is 19.3 Å². The van der Waals surface area contributed by atoms with Gasteiger partial charge in [-0.15, -0.1) is 0 Å². The Bertz CT molecular complexity index is 387. The summed E-state index contributed by atoms with van der Waals surface area (Å²) in [4.78, 5) is 0. The normalized spacial score (nSPS) is 14.0. The van der Waals surface area contributed by atoms with Gasteiger partial charge >= 0.3 is 29.6 Å². The average Bonchev–Trinajstić information content (AvgIpc) is 2.55. The molecule has 0 saturated heterocycles. The van der Waals surface area contributed by atoms with Gasteiger partial charge in [0.2, 0.25) is 0 Å². The van der Waals surface area contributed by atoms with Gasteiger partial charge in [0.25, 0.3) is 0 Å². The molecule has 0 aliphatic rings. The van der Waals surface area contributed by atoms with Crippen LogP contribution in [0.15, 0.2) is 0 Å². The minimum Gasteiger partial charge on any atom is -0.748 e. The van der Waals surface area contributed by atoms with Gasteiger partial charge in [-0.25, -0.2) is 8.42 Å². The predicted molar refractivity (Wildman–Crippen MR) is 105 cm³/mol. The van der Waals surface area contributed by atoms with Crippen LogP contribution in [0.5, 0.6) is 0 Å². The molecule has 0 amide bonds. The molecule has 0 aromatic rings. The van der Waals surface area contributed by atoms with E-state index in [4.69, 9.17) is 0 Å². The number of unbranched alkanes of at least 4 members (excludes halogenated alkanes) is 12. The molecule has 0 heterocycles. The second-order valence-corrected chi connectivity index (χ2v) is 9.01. The van der Waals surface area contributed by atoms with Crippen molar-refractivity contribution in [2.24, 2.45) is 0 Å². The Balaban J connectivity index is 0. The third kappa shape index (κ3) is 17.0. The molecule has 0 bridgehead atoms. The van der Waals surface area contributed by atoms with E-state index in [2.05, 4.69) is 13.8 Å². The Hall–Kier alpha value is 0.870. The molecule has 2 unspecified atom stereocenters. The molecule has 0 aliphatic carbocycles. The molecular formula is C20H41NaO4S. The number of rotatable bonds is 18. The molecule has 0 radical (unpaired) electrons. The third-order valence-corrected chi connectivity index (χ3v) is 6.29. The summed E-state index contributed by atoms with van der Waals surface area (Å²) in [5.74, 6) is 0. The van der Waals surface area contributed by atoms with E-state index in [1.54, 1.807) is 0 Å². The zero-order valence-electron chi connectivity index (χ0n) is 17.5. The van der Waals surface area contributed by atoms with Gasteiger partial charge in [0.05, 0.1) is 11.4 Å². The van der Waals surface area contributed by atoms with E-state index >= 15 is 0 Å². The molecule has 0 rings (SSSR count). The first-order chi connectivity index (χ1) is 11.9. The van der Waals surface area contributed by atoms with Crippen molar-refractivity contribution in [3.05, 3.63) is 0 Å². The molecule has 2 atom stereocenters. The SMILES string of the molecule is CCCCCCCCCCCCC(C(O)CCCCCC)S(=O)(=O)[O-].[Na+]. The van der Waals surface area contributed by atoms with Gasteiger partial charge in [-0.2, -0.15) is 0 Å². The first kappa shape index (κ1) is 29.1. The first-order valence-electron chi connectivity index (χ1n) is 10.6. The average molecular weight is 401 g/mol. The van der Waals surface area contributed by atoms with Crippen molar-refractivity contribution in [2.45, 2.75) is 128 Å². The molecule has 0 aliphatic heterocycles. The van der Waals surface area contributed by atoms with Gasteiger partial charge in [-0.1, -0.05) is 104 Å².